The number of hydrogen-bond donors (Lipinski definition) is 1. The number of nitrogens with zero attached hydrogens (tertiary/aromatic N) is 2. The van der Waals surface area contributed by atoms with Gasteiger partial charge in [-0.25, -0.2) is 13.4 Å². The van der Waals surface area contributed by atoms with Crippen molar-refractivity contribution in [3.8, 4) is 5.88 Å². The van der Waals surface area contributed by atoms with Gasteiger partial charge in [0.05, 0.1) is 12.3 Å². The van der Waals surface area contributed by atoms with Gasteiger partial charge in [0.25, 0.3) is 0 Å². The quantitative estimate of drug-likeness (QED) is 0.630. The van der Waals surface area contributed by atoms with E-state index in [4.69, 9.17) is 10.5 Å². The van der Waals surface area contributed by atoms with E-state index in [9.17, 15) is 21.6 Å². The highest BCUT2D eigenvalue weighted by molar-refractivity contribution is 7.89. The Hall–Kier alpha value is -1.14. The van der Waals surface area contributed by atoms with E-state index in [1.54, 1.807) is 0 Å². The zero-order valence-corrected chi connectivity index (χ0v) is 16.2. The standard InChI is InChI=1S/C15H22F3N3O4S.ClH/c16-15(17,18)11-25-14-3-2-13(10-20-14)26(22,23)21-7-4-12(5-8-21)24-9-1-6-19;/h2-3,10,12H,1,4-9,11,19H2;1H. The smallest absolute Gasteiger partial charge is 0.422 e. The predicted octanol–water partition coefficient (Wildman–Crippen LogP) is 1.96. The largest absolute Gasteiger partial charge is 0.468 e. The van der Waals surface area contributed by atoms with Crippen LogP contribution in [0.2, 0.25) is 0 Å². The number of aromatic nitrogens is 1. The van der Waals surface area contributed by atoms with Crippen molar-refractivity contribution < 1.29 is 31.1 Å². The van der Waals surface area contributed by atoms with Crippen molar-refractivity contribution in [2.45, 2.75) is 36.4 Å². The molecule has 2 heterocycles. The molecule has 1 saturated heterocycles. The van der Waals surface area contributed by atoms with Gasteiger partial charge in [-0.2, -0.15) is 17.5 Å². The van der Waals surface area contributed by atoms with E-state index in [1.165, 1.54) is 10.4 Å². The van der Waals surface area contributed by atoms with Crippen LogP contribution in [0.1, 0.15) is 19.3 Å². The average Bonchev–Trinajstić information content (AvgIpc) is 2.60. The Morgan fingerprint density at radius 3 is 2.44 bits per heavy atom. The van der Waals surface area contributed by atoms with Gasteiger partial charge in [-0.15, -0.1) is 12.4 Å². The van der Waals surface area contributed by atoms with Crippen molar-refractivity contribution in [2.24, 2.45) is 5.73 Å². The van der Waals surface area contributed by atoms with Crippen LogP contribution in [0.5, 0.6) is 5.88 Å². The molecule has 2 N–H and O–H groups in total. The minimum Gasteiger partial charge on any atom is -0.468 e. The summed E-state index contributed by atoms with van der Waals surface area (Å²) in [4.78, 5) is 3.56. The van der Waals surface area contributed by atoms with Gasteiger partial charge >= 0.3 is 6.18 Å². The van der Waals surface area contributed by atoms with Gasteiger partial charge in [-0.05, 0) is 31.9 Å². The zero-order chi connectivity index (χ0) is 19.2. The number of halogens is 4. The van der Waals surface area contributed by atoms with Crippen molar-refractivity contribution in [3.05, 3.63) is 18.3 Å². The molecule has 0 bridgehead atoms. The summed E-state index contributed by atoms with van der Waals surface area (Å²) in [6.07, 6.45) is -1.57. The van der Waals surface area contributed by atoms with E-state index in [0.717, 1.165) is 18.7 Å². The minimum atomic E-state index is -4.48. The maximum Gasteiger partial charge on any atom is 0.422 e. The first-order chi connectivity index (χ1) is 12.2. The molecule has 1 aliphatic rings. The third-order valence-corrected chi connectivity index (χ3v) is 5.72. The molecule has 0 aliphatic carbocycles. The molecule has 27 heavy (non-hydrogen) atoms. The van der Waals surface area contributed by atoms with Crippen molar-refractivity contribution in [3.63, 3.8) is 0 Å². The third kappa shape index (κ3) is 7.41. The highest BCUT2D eigenvalue weighted by Crippen LogP contribution is 2.23. The Morgan fingerprint density at radius 2 is 1.93 bits per heavy atom. The molecule has 1 aromatic rings. The normalized spacial score (nSPS) is 16.7. The van der Waals surface area contributed by atoms with Crippen LogP contribution < -0.4 is 10.5 Å². The third-order valence-electron chi connectivity index (χ3n) is 3.83. The van der Waals surface area contributed by atoms with E-state index in [0.29, 0.717) is 39.1 Å². The average molecular weight is 434 g/mol. The fourth-order valence-corrected chi connectivity index (χ4v) is 3.90. The fraction of sp³-hybridized carbons (Fsp3) is 0.667. The summed E-state index contributed by atoms with van der Waals surface area (Å²) < 4.78 is 72.9. The summed E-state index contributed by atoms with van der Waals surface area (Å²) in [5.41, 5.74) is 5.40. The molecule has 0 amide bonds. The molecular formula is C15H23ClF3N3O4S. The van der Waals surface area contributed by atoms with E-state index in [2.05, 4.69) is 9.72 Å². The Bertz CT molecular complexity index is 666. The number of ether oxygens (including phenoxy) is 2. The highest BCUT2D eigenvalue weighted by atomic mass is 35.5. The summed E-state index contributed by atoms with van der Waals surface area (Å²) in [7, 11) is -3.75. The van der Waals surface area contributed by atoms with Crippen molar-refractivity contribution in [1.29, 1.82) is 0 Å². The van der Waals surface area contributed by atoms with Gasteiger partial charge in [-0.3, -0.25) is 0 Å². The fourth-order valence-electron chi connectivity index (χ4n) is 2.48. The summed E-state index contributed by atoms with van der Waals surface area (Å²) in [5.74, 6) is -0.284. The van der Waals surface area contributed by atoms with Gasteiger partial charge < -0.3 is 15.2 Å². The summed E-state index contributed by atoms with van der Waals surface area (Å²) in [6, 6.07) is 2.30. The topological polar surface area (TPSA) is 94.8 Å². The van der Waals surface area contributed by atoms with E-state index in [-0.39, 0.29) is 29.3 Å². The number of rotatable bonds is 8. The van der Waals surface area contributed by atoms with E-state index in [1.807, 2.05) is 0 Å². The van der Waals surface area contributed by atoms with Crippen LogP contribution in [0.3, 0.4) is 0 Å². The lowest BCUT2D eigenvalue weighted by atomic mass is 10.1. The van der Waals surface area contributed by atoms with Crippen molar-refractivity contribution >= 4 is 22.4 Å². The van der Waals surface area contributed by atoms with E-state index < -0.39 is 22.8 Å². The number of pyridine rings is 1. The Balaban J connectivity index is 0.00000364. The first-order valence-corrected chi connectivity index (χ1v) is 9.64. The summed E-state index contributed by atoms with van der Waals surface area (Å²) in [6.45, 7) is 0.230. The molecule has 1 aliphatic heterocycles. The van der Waals surface area contributed by atoms with Gasteiger partial charge in [-0.1, -0.05) is 0 Å². The van der Waals surface area contributed by atoms with Crippen LogP contribution in [0.4, 0.5) is 13.2 Å². The molecule has 2 rings (SSSR count). The molecule has 156 valence electrons. The Labute approximate surface area is 162 Å². The number of sulfonamides is 1. The lowest BCUT2D eigenvalue weighted by Gasteiger charge is -2.31. The number of piperidine rings is 1. The maximum atomic E-state index is 12.6. The van der Waals surface area contributed by atoms with Crippen LogP contribution in [-0.4, -0.2) is 62.8 Å². The molecule has 7 nitrogen and oxygen atoms in total. The van der Waals surface area contributed by atoms with E-state index >= 15 is 0 Å². The molecule has 1 aromatic heterocycles. The monoisotopic (exact) mass is 433 g/mol. The molecule has 0 unspecified atom stereocenters. The molecule has 0 atom stereocenters. The highest BCUT2D eigenvalue weighted by Gasteiger charge is 2.31. The SMILES string of the molecule is Cl.NCCCOC1CCN(S(=O)(=O)c2ccc(OCC(F)(F)F)nc2)CC1. The zero-order valence-electron chi connectivity index (χ0n) is 14.5. The number of alkyl halides is 3. The van der Waals surface area contributed by atoms with Gasteiger partial charge in [0.15, 0.2) is 6.61 Å². The molecule has 0 radical (unpaired) electrons. The molecule has 0 saturated carbocycles. The van der Waals surface area contributed by atoms with Crippen LogP contribution in [0.25, 0.3) is 0 Å². The number of hydrogen-bond acceptors (Lipinski definition) is 6. The Kier molecular flexibility index (Phi) is 9.22. The molecule has 12 heteroatoms. The number of nitrogens with two attached hydrogens (primary N) is 1. The second-order valence-electron chi connectivity index (χ2n) is 5.85. The van der Waals surface area contributed by atoms with Crippen LogP contribution in [-0.2, 0) is 14.8 Å². The van der Waals surface area contributed by atoms with Crippen LogP contribution in [0, 0.1) is 0 Å². The molecule has 0 aromatic carbocycles. The second-order valence-corrected chi connectivity index (χ2v) is 7.79. The summed E-state index contributed by atoms with van der Waals surface area (Å²) in [5, 5.41) is 0. The van der Waals surface area contributed by atoms with Crippen LogP contribution in [0.15, 0.2) is 23.2 Å². The van der Waals surface area contributed by atoms with Crippen molar-refractivity contribution in [2.75, 3.05) is 32.8 Å². The van der Waals surface area contributed by atoms with Gasteiger partial charge in [0.1, 0.15) is 4.90 Å². The molecule has 1 fully saturated rings. The molecular weight excluding hydrogens is 411 g/mol. The predicted molar refractivity (Wildman–Crippen MR) is 94.4 cm³/mol. The first kappa shape index (κ1) is 23.9. The van der Waals surface area contributed by atoms with Crippen LogP contribution >= 0.6 is 12.4 Å². The van der Waals surface area contributed by atoms with Gasteiger partial charge in [0.2, 0.25) is 15.9 Å². The lowest BCUT2D eigenvalue weighted by Crippen LogP contribution is -2.41. The second kappa shape index (κ2) is 10.4. The van der Waals surface area contributed by atoms with Crippen molar-refractivity contribution in [1.82, 2.24) is 9.29 Å². The Morgan fingerprint density at radius 1 is 1.26 bits per heavy atom. The molecule has 0 spiro atoms. The first-order valence-electron chi connectivity index (χ1n) is 8.20. The van der Waals surface area contributed by atoms with Gasteiger partial charge in [0, 0.05) is 25.8 Å². The minimum absolute atomic E-state index is 0. The maximum absolute atomic E-state index is 12.6. The summed E-state index contributed by atoms with van der Waals surface area (Å²) >= 11 is 0. The lowest BCUT2D eigenvalue weighted by molar-refractivity contribution is -0.154.